The summed E-state index contributed by atoms with van der Waals surface area (Å²) in [6.45, 7) is 0. The van der Waals surface area contributed by atoms with Crippen LogP contribution in [0, 0.1) is 0 Å². The van der Waals surface area contributed by atoms with Crippen molar-refractivity contribution in [3.05, 3.63) is 11.8 Å². The zero-order valence-corrected chi connectivity index (χ0v) is 5.28. The molecular weight excluding hydrogens is 128 g/mol. The van der Waals surface area contributed by atoms with E-state index in [1.54, 1.807) is 12.4 Å². The van der Waals surface area contributed by atoms with Gasteiger partial charge in [-0.2, -0.15) is 4.98 Å². The molecule has 0 saturated carbocycles. The minimum atomic E-state index is 0.290. The third-order valence-electron chi connectivity index (χ3n) is 1.39. The van der Waals surface area contributed by atoms with Crippen LogP contribution in [0.3, 0.4) is 0 Å². The maximum absolute atomic E-state index is 5.33. The summed E-state index contributed by atoms with van der Waals surface area (Å²) in [5.74, 6) is 1.00. The molecule has 0 bridgehead atoms. The molecule has 4 nitrogen and oxygen atoms in total. The number of fused-ring (bicyclic) bond motifs is 1. The van der Waals surface area contributed by atoms with Gasteiger partial charge in [0, 0.05) is 24.4 Å². The molecule has 0 saturated heterocycles. The Bertz CT molecular complexity index is 292. The third kappa shape index (κ3) is 0.655. The zero-order valence-electron chi connectivity index (χ0n) is 5.28. The average Bonchev–Trinajstić information content (AvgIpc) is 2.33. The molecule has 1 aliphatic heterocycles. The van der Waals surface area contributed by atoms with Gasteiger partial charge in [0.2, 0.25) is 5.95 Å². The van der Waals surface area contributed by atoms with Crippen molar-refractivity contribution in [2.24, 2.45) is 4.99 Å². The molecule has 0 aliphatic carbocycles. The summed E-state index contributed by atoms with van der Waals surface area (Å²) in [7, 11) is 0. The Morgan fingerprint density at radius 2 is 2.40 bits per heavy atom. The summed E-state index contributed by atoms with van der Waals surface area (Å²) >= 11 is 0. The molecule has 4 heteroatoms. The van der Waals surface area contributed by atoms with Gasteiger partial charge in [0.25, 0.3) is 0 Å². The van der Waals surface area contributed by atoms with Crippen LogP contribution in [0.5, 0.6) is 0 Å². The first-order chi connectivity index (χ1) is 4.86. The Balaban J connectivity index is 2.60. The maximum Gasteiger partial charge on any atom is 0.222 e. The quantitative estimate of drug-likeness (QED) is 0.555. The Hall–Kier alpha value is -1.45. The van der Waals surface area contributed by atoms with Gasteiger partial charge in [-0.3, -0.25) is 0 Å². The molecule has 10 heavy (non-hydrogen) atoms. The highest BCUT2D eigenvalue weighted by molar-refractivity contribution is 5.73. The van der Waals surface area contributed by atoms with E-state index in [1.165, 1.54) is 0 Å². The van der Waals surface area contributed by atoms with E-state index in [1.807, 2.05) is 0 Å². The number of aromatic nitrogens is 2. The number of rotatable bonds is 0. The normalized spacial score (nSPS) is 13.6. The van der Waals surface area contributed by atoms with E-state index in [9.17, 15) is 0 Å². The molecule has 50 valence electrons. The molecule has 2 rings (SSSR count). The van der Waals surface area contributed by atoms with Crippen molar-refractivity contribution in [3.63, 3.8) is 0 Å². The summed E-state index contributed by atoms with van der Waals surface area (Å²) < 4.78 is 0. The van der Waals surface area contributed by atoms with Crippen molar-refractivity contribution in [1.29, 1.82) is 0 Å². The fraction of sp³-hybridized carbons (Fsp3) is 0.167. The number of anilines is 1. The van der Waals surface area contributed by atoms with Gasteiger partial charge in [0.1, 0.15) is 0 Å². The number of nitrogen functional groups attached to an aromatic ring is 1. The van der Waals surface area contributed by atoms with Gasteiger partial charge in [-0.25, -0.2) is 9.98 Å². The summed E-state index contributed by atoms with van der Waals surface area (Å²) in [6, 6.07) is 0. The summed E-state index contributed by atoms with van der Waals surface area (Å²) in [6.07, 6.45) is 4.35. The minimum Gasteiger partial charge on any atom is -0.368 e. The lowest BCUT2D eigenvalue weighted by molar-refractivity contribution is 1.14. The smallest absolute Gasteiger partial charge is 0.222 e. The standard InChI is InChI=1S/C6H6N4/c7-6-9-3-4-1-2-8-5(4)10-6/h2-3H,1H2,(H2,7,9,10). The van der Waals surface area contributed by atoms with Gasteiger partial charge in [-0.1, -0.05) is 0 Å². The van der Waals surface area contributed by atoms with Gasteiger partial charge in [0.05, 0.1) is 0 Å². The first kappa shape index (κ1) is 5.34. The average molecular weight is 134 g/mol. The van der Waals surface area contributed by atoms with Gasteiger partial charge in [0.15, 0.2) is 5.82 Å². The van der Waals surface area contributed by atoms with Gasteiger partial charge >= 0.3 is 0 Å². The molecule has 0 amide bonds. The number of aliphatic imine (C=N–C) groups is 1. The first-order valence-corrected chi connectivity index (χ1v) is 3.00. The molecule has 0 spiro atoms. The van der Waals surface area contributed by atoms with Crippen molar-refractivity contribution in [3.8, 4) is 0 Å². The Kier molecular flexibility index (Phi) is 0.943. The summed E-state index contributed by atoms with van der Waals surface area (Å²) in [5.41, 5.74) is 6.38. The SMILES string of the molecule is Nc1ncc2c(n1)N=CC2. The van der Waals surface area contributed by atoms with Crippen molar-refractivity contribution < 1.29 is 0 Å². The summed E-state index contributed by atoms with van der Waals surface area (Å²) in [4.78, 5) is 11.8. The van der Waals surface area contributed by atoms with Crippen molar-refractivity contribution in [2.75, 3.05) is 5.73 Å². The summed E-state index contributed by atoms with van der Waals surface area (Å²) in [5, 5.41) is 0. The first-order valence-electron chi connectivity index (χ1n) is 3.00. The molecule has 0 unspecified atom stereocenters. The zero-order chi connectivity index (χ0) is 6.97. The van der Waals surface area contributed by atoms with Crippen LogP contribution in [-0.2, 0) is 6.42 Å². The van der Waals surface area contributed by atoms with Crippen molar-refractivity contribution in [1.82, 2.24) is 9.97 Å². The van der Waals surface area contributed by atoms with Gasteiger partial charge in [-0.15, -0.1) is 0 Å². The van der Waals surface area contributed by atoms with Crippen LogP contribution in [0.15, 0.2) is 11.2 Å². The van der Waals surface area contributed by atoms with E-state index in [4.69, 9.17) is 5.73 Å². The predicted molar refractivity (Wildman–Crippen MR) is 38.3 cm³/mol. The van der Waals surface area contributed by atoms with Crippen LogP contribution < -0.4 is 5.73 Å². The van der Waals surface area contributed by atoms with Crippen LogP contribution in [0.4, 0.5) is 11.8 Å². The largest absolute Gasteiger partial charge is 0.368 e. The van der Waals surface area contributed by atoms with Crippen LogP contribution in [0.25, 0.3) is 0 Å². The fourth-order valence-corrected chi connectivity index (χ4v) is 0.897. The second-order valence-electron chi connectivity index (χ2n) is 2.09. The monoisotopic (exact) mass is 134 g/mol. The molecule has 1 aromatic rings. The van der Waals surface area contributed by atoms with E-state index in [-0.39, 0.29) is 5.95 Å². The molecular formula is C6H6N4. The van der Waals surface area contributed by atoms with Crippen LogP contribution in [-0.4, -0.2) is 16.2 Å². The van der Waals surface area contributed by atoms with E-state index in [0.29, 0.717) is 5.82 Å². The van der Waals surface area contributed by atoms with Crippen molar-refractivity contribution in [2.45, 2.75) is 6.42 Å². The lowest BCUT2D eigenvalue weighted by atomic mass is 10.3. The van der Waals surface area contributed by atoms with Crippen LogP contribution in [0.1, 0.15) is 5.56 Å². The minimum absolute atomic E-state index is 0.290. The molecule has 0 radical (unpaired) electrons. The second kappa shape index (κ2) is 1.76. The molecule has 1 aromatic heterocycles. The molecule has 2 N–H and O–H groups in total. The molecule has 0 fully saturated rings. The van der Waals surface area contributed by atoms with E-state index >= 15 is 0 Å². The highest BCUT2D eigenvalue weighted by Gasteiger charge is 2.07. The number of nitrogens with two attached hydrogens (primary N) is 1. The molecule has 2 heterocycles. The highest BCUT2D eigenvalue weighted by Crippen LogP contribution is 2.19. The third-order valence-corrected chi connectivity index (χ3v) is 1.39. The predicted octanol–water partition coefficient (Wildman–Crippen LogP) is 0.317. The number of hydrogen-bond acceptors (Lipinski definition) is 4. The lowest BCUT2D eigenvalue weighted by Gasteiger charge is -1.94. The lowest BCUT2D eigenvalue weighted by Crippen LogP contribution is -1.94. The van der Waals surface area contributed by atoms with E-state index < -0.39 is 0 Å². The van der Waals surface area contributed by atoms with Gasteiger partial charge < -0.3 is 5.73 Å². The fourth-order valence-electron chi connectivity index (χ4n) is 0.897. The Morgan fingerprint density at radius 1 is 1.50 bits per heavy atom. The van der Waals surface area contributed by atoms with Crippen LogP contribution in [0.2, 0.25) is 0 Å². The molecule has 0 atom stereocenters. The maximum atomic E-state index is 5.33. The van der Waals surface area contributed by atoms with E-state index in [0.717, 1.165) is 12.0 Å². The molecule has 0 aromatic carbocycles. The van der Waals surface area contributed by atoms with Gasteiger partial charge in [-0.05, 0) is 0 Å². The number of nitrogens with zero attached hydrogens (tertiary/aromatic N) is 3. The van der Waals surface area contributed by atoms with Crippen molar-refractivity contribution >= 4 is 18.0 Å². The van der Waals surface area contributed by atoms with Crippen LogP contribution >= 0.6 is 0 Å². The Morgan fingerprint density at radius 3 is 3.30 bits per heavy atom. The Labute approximate surface area is 57.8 Å². The molecule has 1 aliphatic rings. The highest BCUT2D eigenvalue weighted by atomic mass is 15.1. The second-order valence-corrected chi connectivity index (χ2v) is 2.09. The van der Waals surface area contributed by atoms with E-state index in [2.05, 4.69) is 15.0 Å². The topological polar surface area (TPSA) is 64.2 Å². The number of hydrogen-bond donors (Lipinski definition) is 1.